The number of imidazole rings is 1. The van der Waals surface area contributed by atoms with Gasteiger partial charge in [-0.05, 0) is 19.4 Å². The van der Waals surface area contributed by atoms with Crippen LogP contribution < -0.4 is 0 Å². The van der Waals surface area contributed by atoms with Crippen molar-refractivity contribution in [3.63, 3.8) is 0 Å². The second-order valence-electron chi connectivity index (χ2n) is 4.53. The number of nitrogens with zero attached hydrogens (tertiary/aromatic N) is 2. The number of alkyl halides is 3. The predicted molar refractivity (Wildman–Crippen MR) is 69.0 cm³/mol. The molecule has 108 valence electrons. The minimum Gasteiger partial charge on any atom is -0.389 e. The normalized spacial score (nSPS) is 13.5. The molecule has 6 heteroatoms. The van der Waals surface area contributed by atoms with E-state index in [1.807, 2.05) is 0 Å². The van der Waals surface area contributed by atoms with Gasteiger partial charge in [-0.15, -0.1) is 0 Å². The molecule has 1 aromatic heterocycles. The highest BCUT2D eigenvalue weighted by molar-refractivity contribution is 5.57. The number of hydrogen-bond acceptors (Lipinski definition) is 2. The third-order valence-corrected chi connectivity index (χ3v) is 3.06. The van der Waals surface area contributed by atoms with Crippen molar-refractivity contribution in [1.82, 2.24) is 9.55 Å². The summed E-state index contributed by atoms with van der Waals surface area (Å²) in [5, 5.41) is 9.43. The average molecular weight is 284 g/mol. The van der Waals surface area contributed by atoms with Gasteiger partial charge in [0.25, 0.3) is 0 Å². The van der Waals surface area contributed by atoms with E-state index in [9.17, 15) is 18.3 Å². The fourth-order valence-corrected chi connectivity index (χ4v) is 1.93. The van der Waals surface area contributed by atoms with Gasteiger partial charge in [0.2, 0.25) is 0 Å². The molecule has 0 bridgehead atoms. The zero-order valence-electron chi connectivity index (χ0n) is 11.1. The Morgan fingerprint density at radius 1 is 1.25 bits per heavy atom. The van der Waals surface area contributed by atoms with Crippen LogP contribution in [-0.4, -0.2) is 14.7 Å². The number of hydrogen-bond donors (Lipinski definition) is 1. The van der Waals surface area contributed by atoms with Crippen LogP contribution in [0.4, 0.5) is 13.2 Å². The number of rotatable bonds is 3. The molecule has 1 heterocycles. The maximum Gasteiger partial charge on any atom is 0.434 e. The summed E-state index contributed by atoms with van der Waals surface area (Å²) in [6.45, 7) is 3.79. The highest BCUT2D eigenvalue weighted by Crippen LogP contribution is 2.31. The molecule has 0 saturated heterocycles. The highest BCUT2D eigenvalue weighted by Gasteiger charge is 2.34. The first-order chi connectivity index (χ1) is 9.32. The molecule has 1 atom stereocenters. The third-order valence-electron chi connectivity index (χ3n) is 3.06. The molecule has 0 fully saturated rings. The number of aryl methyl sites for hydroxylation is 1. The van der Waals surface area contributed by atoms with Crippen molar-refractivity contribution in [1.29, 1.82) is 0 Å². The molecule has 0 aliphatic rings. The van der Waals surface area contributed by atoms with Crippen LogP contribution in [0, 0.1) is 0 Å². The Kier molecular flexibility index (Phi) is 3.85. The Balaban J connectivity index is 2.43. The molecule has 0 saturated carbocycles. The van der Waals surface area contributed by atoms with Crippen molar-refractivity contribution in [2.45, 2.75) is 32.7 Å². The fourth-order valence-electron chi connectivity index (χ4n) is 1.93. The summed E-state index contributed by atoms with van der Waals surface area (Å²) in [6.07, 6.45) is -4.05. The summed E-state index contributed by atoms with van der Waals surface area (Å²) in [5.41, 5.74) is 0.403. The summed E-state index contributed by atoms with van der Waals surface area (Å²) in [5.74, 6) is 0.275. The highest BCUT2D eigenvalue weighted by atomic mass is 19.4. The molecule has 3 nitrogen and oxygen atoms in total. The quantitative estimate of drug-likeness (QED) is 0.934. The van der Waals surface area contributed by atoms with E-state index in [1.54, 1.807) is 38.1 Å². The van der Waals surface area contributed by atoms with Crippen molar-refractivity contribution in [2.24, 2.45) is 0 Å². The molecule has 0 radical (unpaired) electrons. The summed E-state index contributed by atoms with van der Waals surface area (Å²) < 4.78 is 39.5. The molecule has 0 aliphatic heterocycles. The van der Waals surface area contributed by atoms with Crippen LogP contribution in [0.2, 0.25) is 0 Å². The molecule has 2 aromatic rings. The van der Waals surface area contributed by atoms with E-state index >= 15 is 0 Å². The zero-order valence-corrected chi connectivity index (χ0v) is 11.1. The molecule has 0 amide bonds. The summed E-state index contributed by atoms with van der Waals surface area (Å²) in [4.78, 5) is 3.67. The van der Waals surface area contributed by atoms with Crippen LogP contribution in [-0.2, 0) is 12.7 Å². The Morgan fingerprint density at radius 3 is 2.30 bits per heavy atom. The monoisotopic (exact) mass is 284 g/mol. The zero-order chi connectivity index (χ0) is 14.9. The van der Waals surface area contributed by atoms with Crippen LogP contribution in [0.5, 0.6) is 0 Å². The molecular weight excluding hydrogens is 269 g/mol. The number of halogens is 3. The number of aliphatic hydroxyl groups excluding tert-OH is 1. The lowest BCUT2D eigenvalue weighted by Crippen LogP contribution is -2.05. The van der Waals surface area contributed by atoms with E-state index in [1.165, 1.54) is 4.57 Å². The third kappa shape index (κ3) is 2.85. The van der Waals surface area contributed by atoms with E-state index in [-0.39, 0.29) is 5.82 Å². The lowest BCUT2D eigenvalue weighted by atomic mass is 10.1. The fraction of sp³-hybridized carbons (Fsp3) is 0.357. The minimum atomic E-state index is -4.45. The number of aliphatic hydroxyl groups is 1. The molecular formula is C14H15F3N2O. The van der Waals surface area contributed by atoms with Crippen molar-refractivity contribution in [3.8, 4) is 11.4 Å². The van der Waals surface area contributed by atoms with Crippen LogP contribution in [0.25, 0.3) is 11.4 Å². The molecule has 20 heavy (non-hydrogen) atoms. The first-order valence-corrected chi connectivity index (χ1v) is 6.25. The van der Waals surface area contributed by atoms with Crippen LogP contribution >= 0.6 is 0 Å². The van der Waals surface area contributed by atoms with E-state index < -0.39 is 18.0 Å². The number of benzene rings is 1. The summed E-state index contributed by atoms with van der Waals surface area (Å²) in [7, 11) is 0. The Morgan fingerprint density at radius 2 is 1.85 bits per heavy atom. The summed E-state index contributed by atoms with van der Waals surface area (Å²) in [6, 6.07) is 6.69. The Labute approximate surface area is 114 Å². The van der Waals surface area contributed by atoms with Crippen molar-refractivity contribution < 1.29 is 18.3 Å². The number of aromatic nitrogens is 2. The van der Waals surface area contributed by atoms with E-state index in [2.05, 4.69) is 4.98 Å². The summed E-state index contributed by atoms with van der Waals surface area (Å²) >= 11 is 0. The van der Waals surface area contributed by atoms with E-state index in [0.29, 0.717) is 17.7 Å². The van der Waals surface area contributed by atoms with Gasteiger partial charge in [0, 0.05) is 18.3 Å². The van der Waals surface area contributed by atoms with Crippen LogP contribution in [0.3, 0.4) is 0 Å². The lowest BCUT2D eigenvalue weighted by Gasteiger charge is -2.07. The standard InChI is InChI=1S/C14H15F3N2O/c1-3-19-8-12(14(15,16)17)18-13(19)11-6-4-10(5-7-11)9(2)20/h4-9,20H,3H2,1-2H3. The van der Waals surface area contributed by atoms with Gasteiger partial charge < -0.3 is 9.67 Å². The van der Waals surface area contributed by atoms with Gasteiger partial charge in [-0.25, -0.2) is 4.98 Å². The topological polar surface area (TPSA) is 38.0 Å². The predicted octanol–water partition coefficient (Wildman–Crippen LogP) is 3.64. The van der Waals surface area contributed by atoms with Crippen LogP contribution in [0.1, 0.15) is 31.2 Å². The van der Waals surface area contributed by atoms with Gasteiger partial charge in [-0.2, -0.15) is 13.2 Å². The van der Waals surface area contributed by atoms with Gasteiger partial charge in [0.05, 0.1) is 6.10 Å². The molecule has 0 aliphatic carbocycles. The van der Waals surface area contributed by atoms with Crippen molar-refractivity contribution in [2.75, 3.05) is 0 Å². The molecule has 1 N–H and O–H groups in total. The molecule has 1 aromatic carbocycles. The second-order valence-corrected chi connectivity index (χ2v) is 4.53. The SMILES string of the molecule is CCn1cc(C(F)(F)F)nc1-c1ccc(C(C)O)cc1. The van der Waals surface area contributed by atoms with Crippen molar-refractivity contribution in [3.05, 3.63) is 41.7 Å². The van der Waals surface area contributed by atoms with Crippen molar-refractivity contribution >= 4 is 0 Å². The minimum absolute atomic E-state index is 0.275. The Bertz CT molecular complexity index is 585. The van der Waals surface area contributed by atoms with Crippen LogP contribution in [0.15, 0.2) is 30.5 Å². The van der Waals surface area contributed by atoms with Gasteiger partial charge in [0.1, 0.15) is 5.82 Å². The molecule has 1 unspecified atom stereocenters. The van der Waals surface area contributed by atoms with Gasteiger partial charge in [0.15, 0.2) is 5.69 Å². The molecule has 0 spiro atoms. The maximum atomic E-state index is 12.7. The van der Waals surface area contributed by atoms with Gasteiger partial charge >= 0.3 is 6.18 Å². The Hall–Kier alpha value is -1.82. The lowest BCUT2D eigenvalue weighted by molar-refractivity contribution is -0.140. The van der Waals surface area contributed by atoms with Gasteiger partial charge in [-0.3, -0.25) is 0 Å². The smallest absolute Gasteiger partial charge is 0.389 e. The van der Waals surface area contributed by atoms with Gasteiger partial charge in [-0.1, -0.05) is 24.3 Å². The average Bonchev–Trinajstić information content (AvgIpc) is 2.82. The molecule has 2 rings (SSSR count). The second kappa shape index (κ2) is 5.28. The van der Waals surface area contributed by atoms with E-state index in [0.717, 1.165) is 6.20 Å². The maximum absolute atomic E-state index is 12.7. The first kappa shape index (κ1) is 14.6. The van der Waals surface area contributed by atoms with E-state index in [4.69, 9.17) is 0 Å². The largest absolute Gasteiger partial charge is 0.434 e. The first-order valence-electron chi connectivity index (χ1n) is 6.25.